The molecule has 0 atom stereocenters. The molecule has 0 fully saturated rings. The highest BCUT2D eigenvalue weighted by atomic mass is 16.5. The van der Waals surface area contributed by atoms with Gasteiger partial charge in [-0.25, -0.2) is 4.79 Å². The molecule has 44 valence electrons. The van der Waals surface area contributed by atoms with E-state index in [0.29, 0.717) is 6.08 Å². The van der Waals surface area contributed by atoms with Gasteiger partial charge in [-0.05, 0) is 0 Å². The predicted octanol–water partition coefficient (Wildman–Crippen LogP) is -0.242. The molecule has 0 aliphatic carbocycles. The zero-order valence-electron chi connectivity index (χ0n) is 3.90. The fraction of sp³-hybridized carbons (Fsp3) is 0. The van der Waals surface area contributed by atoms with Crippen molar-refractivity contribution in [3.63, 3.8) is 0 Å². The Balaban J connectivity index is 3.34. The molecule has 0 aliphatic heterocycles. The molecule has 0 unspecified atom stereocenters. The first kappa shape index (κ1) is 6.68. The summed E-state index contributed by atoms with van der Waals surface area (Å²) in [5, 5.41) is 7.86. The number of aliphatic carboxylic acids is 1. The second kappa shape index (κ2) is 3.86. The van der Waals surface area contributed by atoms with Crippen molar-refractivity contribution in [2.24, 2.45) is 0 Å². The van der Waals surface area contributed by atoms with Gasteiger partial charge in [-0.1, -0.05) is 0 Å². The van der Waals surface area contributed by atoms with Gasteiger partial charge in [-0.3, -0.25) is 4.79 Å². The summed E-state index contributed by atoms with van der Waals surface area (Å²) in [6.07, 6.45) is 1.50. The molecule has 8 heavy (non-hydrogen) atoms. The maximum absolute atomic E-state index is 9.59. The van der Waals surface area contributed by atoms with E-state index in [-0.39, 0.29) is 6.47 Å². The van der Waals surface area contributed by atoms with Crippen molar-refractivity contribution in [2.45, 2.75) is 0 Å². The molecule has 0 aromatic carbocycles. The molecule has 0 bridgehead atoms. The van der Waals surface area contributed by atoms with Gasteiger partial charge >= 0.3 is 5.97 Å². The molecule has 0 heterocycles. The second-order valence-electron chi connectivity index (χ2n) is 0.873. The smallest absolute Gasteiger partial charge is 0.331 e. The van der Waals surface area contributed by atoms with Crippen molar-refractivity contribution in [3.05, 3.63) is 12.3 Å². The van der Waals surface area contributed by atoms with Gasteiger partial charge in [0.1, 0.15) is 6.26 Å². The first-order valence-corrected chi connectivity index (χ1v) is 1.76. The Morgan fingerprint density at radius 1 is 1.62 bits per heavy atom. The summed E-state index contributed by atoms with van der Waals surface area (Å²) < 4.78 is 3.90. The fourth-order valence-electron chi connectivity index (χ4n) is 0.130. The Morgan fingerprint density at radius 3 is 2.62 bits per heavy atom. The van der Waals surface area contributed by atoms with E-state index in [0.717, 1.165) is 6.26 Å². The van der Waals surface area contributed by atoms with E-state index in [1.165, 1.54) is 0 Å². The minimum Gasteiger partial charge on any atom is -0.478 e. The Morgan fingerprint density at radius 2 is 2.25 bits per heavy atom. The number of carboxylic acids is 1. The Kier molecular flexibility index (Phi) is 3.22. The van der Waals surface area contributed by atoms with Crippen LogP contribution >= 0.6 is 0 Å². The van der Waals surface area contributed by atoms with Gasteiger partial charge in [0.25, 0.3) is 6.47 Å². The molecule has 0 saturated heterocycles. The third kappa shape index (κ3) is 4.68. The molecule has 0 aliphatic rings. The third-order valence-corrected chi connectivity index (χ3v) is 0.345. The summed E-state index contributed by atoms with van der Waals surface area (Å²) in [4.78, 5) is 18.9. The largest absolute Gasteiger partial charge is 0.478 e. The van der Waals surface area contributed by atoms with Crippen LogP contribution in [0.3, 0.4) is 0 Å². The number of hydrogen-bond acceptors (Lipinski definition) is 3. The average Bonchev–Trinajstić information content (AvgIpc) is 1.66. The molecule has 0 amide bonds. The van der Waals surface area contributed by atoms with Crippen LogP contribution in [0.4, 0.5) is 0 Å². The van der Waals surface area contributed by atoms with Crippen molar-refractivity contribution in [1.29, 1.82) is 0 Å². The standard InChI is InChI=1S/C4H4O4/c5-3-8-2-1-4(6)7/h1-3H,(H,6,7)/b2-1-. The summed E-state index contributed by atoms with van der Waals surface area (Å²) >= 11 is 0. The van der Waals surface area contributed by atoms with Crippen LogP contribution in [0.2, 0.25) is 0 Å². The normalized spacial score (nSPS) is 9.00. The van der Waals surface area contributed by atoms with Gasteiger partial charge < -0.3 is 9.84 Å². The van der Waals surface area contributed by atoms with E-state index in [4.69, 9.17) is 5.11 Å². The topological polar surface area (TPSA) is 63.6 Å². The highest BCUT2D eigenvalue weighted by Crippen LogP contribution is 1.70. The molecule has 4 nitrogen and oxygen atoms in total. The summed E-state index contributed by atoms with van der Waals surface area (Å²) in [7, 11) is 0. The number of ether oxygens (including phenoxy) is 1. The number of carbonyl (C=O) groups is 2. The average molecular weight is 116 g/mol. The summed E-state index contributed by atoms with van der Waals surface area (Å²) in [6.45, 7) is 0.138. The van der Waals surface area contributed by atoms with Crippen LogP contribution in [0.1, 0.15) is 0 Å². The maximum Gasteiger partial charge on any atom is 0.331 e. The van der Waals surface area contributed by atoms with Crippen LogP contribution in [0.5, 0.6) is 0 Å². The number of carboxylic acid groups (broad SMARTS) is 1. The maximum atomic E-state index is 9.59. The molecular formula is C4H4O4. The minimum atomic E-state index is -1.15. The second-order valence-corrected chi connectivity index (χ2v) is 0.873. The molecule has 0 aromatic rings. The van der Waals surface area contributed by atoms with E-state index in [2.05, 4.69) is 4.74 Å². The monoisotopic (exact) mass is 116 g/mol. The predicted molar refractivity (Wildman–Crippen MR) is 23.9 cm³/mol. The molecule has 0 radical (unpaired) electrons. The Hall–Kier alpha value is -1.32. The van der Waals surface area contributed by atoms with Crippen LogP contribution in [0.25, 0.3) is 0 Å². The van der Waals surface area contributed by atoms with Crippen molar-refractivity contribution < 1.29 is 19.4 Å². The van der Waals surface area contributed by atoms with Crippen LogP contribution < -0.4 is 0 Å². The minimum absolute atomic E-state index is 0.138. The number of hydrogen-bond donors (Lipinski definition) is 1. The Bertz CT molecular complexity index is 115. The molecule has 0 saturated carbocycles. The van der Waals surface area contributed by atoms with Crippen molar-refractivity contribution in [3.8, 4) is 0 Å². The highest BCUT2D eigenvalue weighted by molar-refractivity contribution is 5.79. The SMILES string of the molecule is O=CO/C=C\C(=O)O. The molecule has 1 N–H and O–H groups in total. The lowest BCUT2D eigenvalue weighted by Gasteiger charge is -1.78. The van der Waals surface area contributed by atoms with Gasteiger partial charge in [-0.15, -0.1) is 0 Å². The van der Waals surface area contributed by atoms with E-state index in [1.54, 1.807) is 0 Å². The van der Waals surface area contributed by atoms with Crippen LogP contribution in [0.15, 0.2) is 12.3 Å². The molecular weight excluding hydrogens is 112 g/mol. The van der Waals surface area contributed by atoms with Gasteiger partial charge in [0.2, 0.25) is 0 Å². The number of carbonyl (C=O) groups excluding carboxylic acids is 1. The van der Waals surface area contributed by atoms with Crippen molar-refractivity contribution >= 4 is 12.4 Å². The Labute approximate surface area is 45.4 Å². The zero-order chi connectivity index (χ0) is 6.41. The van der Waals surface area contributed by atoms with Crippen LogP contribution in [-0.4, -0.2) is 17.5 Å². The zero-order valence-corrected chi connectivity index (χ0v) is 3.90. The van der Waals surface area contributed by atoms with Crippen molar-refractivity contribution in [2.75, 3.05) is 0 Å². The first-order valence-electron chi connectivity index (χ1n) is 1.76. The van der Waals surface area contributed by atoms with Crippen LogP contribution in [0, 0.1) is 0 Å². The quantitative estimate of drug-likeness (QED) is 0.314. The molecule has 0 spiro atoms. The highest BCUT2D eigenvalue weighted by Gasteiger charge is 1.81. The lowest BCUT2D eigenvalue weighted by atomic mass is 10.6. The summed E-state index contributed by atoms with van der Waals surface area (Å²) in [5.74, 6) is -1.15. The van der Waals surface area contributed by atoms with E-state index in [1.807, 2.05) is 0 Å². The summed E-state index contributed by atoms with van der Waals surface area (Å²) in [6, 6.07) is 0. The van der Waals surface area contributed by atoms with Gasteiger partial charge in [0, 0.05) is 0 Å². The van der Waals surface area contributed by atoms with E-state index < -0.39 is 5.97 Å². The van der Waals surface area contributed by atoms with Gasteiger partial charge in [-0.2, -0.15) is 0 Å². The number of rotatable bonds is 3. The van der Waals surface area contributed by atoms with Gasteiger partial charge in [0.15, 0.2) is 0 Å². The van der Waals surface area contributed by atoms with E-state index >= 15 is 0 Å². The lowest BCUT2D eigenvalue weighted by molar-refractivity contribution is -0.131. The van der Waals surface area contributed by atoms with Crippen LogP contribution in [-0.2, 0) is 14.3 Å². The van der Waals surface area contributed by atoms with Gasteiger partial charge in [0.05, 0.1) is 6.08 Å². The van der Waals surface area contributed by atoms with Crippen molar-refractivity contribution in [1.82, 2.24) is 0 Å². The summed E-state index contributed by atoms with van der Waals surface area (Å²) in [5.41, 5.74) is 0. The first-order chi connectivity index (χ1) is 3.77. The van der Waals surface area contributed by atoms with E-state index in [9.17, 15) is 9.59 Å². The molecule has 4 heteroatoms. The molecule has 0 rings (SSSR count). The fourth-order valence-corrected chi connectivity index (χ4v) is 0.130. The molecule has 0 aromatic heterocycles. The lowest BCUT2D eigenvalue weighted by Crippen LogP contribution is -1.86. The third-order valence-electron chi connectivity index (χ3n) is 0.345.